The molecule has 2 N–H and O–H groups in total. The third-order valence-corrected chi connectivity index (χ3v) is 13.8. The summed E-state index contributed by atoms with van der Waals surface area (Å²) >= 11 is 0. The molecule has 4 fully saturated rings. The molecule has 272 valence electrons. The summed E-state index contributed by atoms with van der Waals surface area (Å²) in [6.07, 6.45) is 15.0. The number of esters is 2. The van der Waals surface area contributed by atoms with E-state index in [0.29, 0.717) is 43.6 Å². The number of hydrogen-bond donors (Lipinski definition) is 2. The molecule has 48 heavy (non-hydrogen) atoms. The molecule has 7 nitrogen and oxygen atoms in total. The van der Waals surface area contributed by atoms with Crippen LogP contribution in [0.1, 0.15) is 158 Å². The molecular weight excluding hydrogens is 604 g/mol. The fourth-order valence-electron chi connectivity index (χ4n) is 11.4. The van der Waals surface area contributed by atoms with Crippen LogP contribution in [0.4, 0.5) is 0 Å². The van der Waals surface area contributed by atoms with Crippen LogP contribution in [0, 0.1) is 39.9 Å². The highest BCUT2D eigenvalue weighted by molar-refractivity contribution is 5.88. The first-order valence-corrected chi connectivity index (χ1v) is 19.2. The van der Waals surface area contributed by atoms with Crippen molar-refractivity contribution < 1.29 is 34.1 Å². The largest absolute Gasteiger partial charge is 0.478 e. The second-order valence-electron chi connectivity index (χ2n) is 17.0. The molecule has 0 saturated heterocycles. The molecular formula is C41H66O7. The highest BCUT2D eigenvalue weighted by atomic mass is 16.5. The van der Waals surface area contributed by atoms with Crippen LogP contribution < -0.4 is 0 Å². The van der Waals surface area contributed by atoms with Gasteiger partial charge in [-0.1, -0.05) is 84.8 Å². The van der Waals surface area contributed by atoms with Crippen molar-refractivity contribution in [1.82, 2.24) is 0 Å². The number of aliphatic hydroxyl groups is 1. The first-order valence-electron chi connectivity index (χ1n) is 19.2. The van der Waals surface area contributed by atoms with E-state index < -0.39 is 24.1 Å². The van der Waals surface area contributed by atoms with Crippen molar-refractivity contribution in [1.29, 1.82) is 0 Å². The number of allylic oxidation sites excluding steroid dienone is 2. The van der Waals surface area contributed by atoms with Crippen molar-refractivity contribution >= 4 is 17.9 Å². The molecule has 0 spiro atoms. The third kappa shape index (κ3) is 7.61. The lowest BCUT2D eigenvalue weighted by molar-refractivity contribution is -0.236. The second-order valence-corrected chi connectivity index (χ2v) is 17.0. The average molecular weight is 671 g/mol. The van der Waals surface area contributed by atoms with Gasteiger partial charge in [-0.15, -0.1) is 0 Å². The van der Waals surface area contributed by atoms with E-state index in [1.165, 1.54) is 39.0 Å². The van der Waals surface area contributed by atoms with Crippen molar-refractivity contribution in [3.63, 3.8) is 0 Å². The van der Waals surface area contributed by atoms with Gasteiger partial charge in [-0.25, -0.2) is 4.79 Å². The highest BCUT2D eigenvalue weighted by Crippen LogP contribution is 2.74. The van der Waals surface area contributed by atoms with Gasteiger partial charge in [-0.3, -0.25) is 9.59 Å². The van der Waals surface area contributed by atoms with Crippen LogP contribution in [0.5, 0.6) is 0 Å². The molecule has 10 atom stereocenters. The maximum Gasteiger partial charge on any atom is 0.331 e. The zero-order valence-corrected chi connectivity index (χ0v) is 31.4. The van der Waals surface area contributed by atoms with E-state index in [1.807, 2.05) is 13.8 Å². The van der Waals surface area contributed by atoms with E-state index in [0.717, 1.165) is 49.7 Å². The van der Waals surface area contributed by atoms with Crippen molar-refractivity contribution in [2.75, 3.05) is 0 Å². The van der Waals surface area contributed by atoms with Gasteiger partial charge in [0, 0.05) is 18.9 Å². The van der Waals surface area contributed by atoms with Gasteiger partial charge < -0.3 is 19.7 Å². The van der Waals surface area contributed by atoms with Gasteiger partial charge in [0.2, 0.25) is 0 Å². The van der Waals surface area contributed by atoms with Gasteiger partial charge in [-0.05, 0) is 117 Å². The van der Waals surface area contributed by atoms with E-state index in [9.17, 15) is 24.6 Å². The zero-order chi connectivity index (χ0) is 35.4. The van der Waals surface area contributed by atoms with Gasteiger partial charge in [-0.2, -0.15) is 0 Å². The number of hydrogen-bond acceptors (Lipinski definition) is 6. The smallest absolute Gasteiger partial charge is 0.331 e. The van der Waals surface area contributed by atoms with Crippen molar-refractivity contribution in [3.8, 4) is 0 Å². The quantitative estimate of drug-likeness (QED) is 0.0820. The number of carboxylic acid groups (broad SMARTS) is 1. The molecule has 0 amide bonds. The van der Waals surface area contributed by atoms with E-state index >= 15 is 0 Å². The Bertz CT molecular complexity index is 1230. The number of carbonyl (C=O) groups excluding carboxylic acids is 2. The van der Waals surface area contributed by atoms with Gasteiger partial charge in [0.05, 0.1) is 6.10 Å². The lowest BCUT2D eigenvalue weighted by Gasteiger charge is -2.69. The fraction of sp³-hybridized carbons (Fsp3) is 0.829. The second kappa shape index (κ2) is 15.8. The summed E-state index contributed by atoms with van der Waals surface area (Å²) in [5.74, 6) is -1.09. The first-order chi connectivity index (χ1) is 22.6. The molecule has 4 saturated carbocycles. The van der Waals surface area contributed by atoms with Gasteiger partial charge >= 0.3 is 17.9 Å². The number of carbonyl (C=O) groups is 3. The summed E-state index contributed by atoms with van der Waals surface area (Å²) in [6, 6.07) is 0. The first kappa shape index (κ1) is 38.6. The maximum absolute atomic E-state index is 12.9. The lowest BCUT2D eigenvalue weighted by Crippen LogP contribution is -2.65. The molecule has 1 unspecified atom stereocenters. The molecule has 4 aliphatic rings. The van der Waals surface area contributed by atoms with E-state index in [1.54, 1.807) is 0 Å². The average Bonchev–Trinajstić information content (AvgIpc) is 3.27. The summed E-state index contributed by atoms with van der Waals surface area (Å²) in [5.41, 5.74) is 1.42. The molecule has 0 aromatic heterocycles. The molecule has 0 aromatic carbocycles. The van der Waals surface area contributed by atoms with Crippen molar-refractivity contribution in [2.45, 2.75) is 176 Å². The minimum absolute atomic E-state index is 0.00749. The molecule has 4 aliphatic carbocycles. The predicted molar refractivity (Wildman–Crippen MR) is 189 cm³/mol. The zero-order valence-electron chi connectivity index (χ0n) is 31.4. The molecule has 0 aromatic rings. The topological polar surface area (TPSA) is 110 Å². The molecule has 0 bridgehead atoms. The Morgan fingerprint density at radius 2 is 1.56 bits per heavy atom. The summed E-state index contributed by atoms with van der Waals surface area (Å²) < 4.78 is 12.1. The molecule has 4 rings (SSSR count). The van der Waals surface area contributed by atoms with Crippen LogP contribution in [0.25, 0.3) is 0 Å². The van der Waals surface area contributed by atoms with Crippen LogP contribution in [0.3, 0.4) is 0 Å². The van der Waals surface area contributed by atoms with Crippen LogP contribution in [-0.4, -0.2) is 46.4 Å². The number of aliphatic carboxylic acids is 1. The number of carboxylic acids is 1. The number of rotatable bonds is 14. The summed E-state index contributed by atoms with van der Waals surface area (Å²) in [7, 11) is 0. The minimum Gasteiger partial charge on any atom is -0.478 e. The molecule has 0 aliphatic heterocycles. The standard InChI is InChI=1S/C41H66O7/c1-9-10-11-12-13-14-15-19-35(44)48-33-21-22-39(6)30(27(33)4)20-23-40(7)37(39)32(43)24-31-36(29(38(45)46)18-16-17-26(2)3)34(47-28(5)42)25-41(31,40)8/h17,27,30-34,37,43H,9-16,18-25H2,1-8H3,(H,45,46)/b36-29-/t27-,30-,31-,32+,33+,34-,37?,39-,40-,41-/m0/s1. The van der Waals surface area contributed by atoms with Crippen molar-refractivity contribution in [2.24, 2.45) is 39.9 Å². The minimum atomic E-state index is -0.959. The Morgan fingerprint density at radius 1 is 0.896 bits per heavy atom. The third-order valence-electron chi connectivity index (χ3n) is 13.8. The Hall–Kier alpha value is -2.15. The van der Waals surface area contributed by atoms with Crippen LogP contribution in [0.2, 0.25) is 0 Å². The Labute approximate surface area is 290 Å². The van der Waals surface area contributed by atoms with Gasteiger partial charge in [0.25, 0.3) is 0 Å². The van der Waals surface area contributed by atoms with Crippen LogP contribution >= 0.6 is 0 Å². The normalized spacial score (nSPS) is 38.2. The molecule has 7 heteroatoms. The number of aliphatic hydroxyl groups excluding tert-OH is 1. The number of unbranched alkanes of at least 4 members (excludes halogenated alkanes) is 6. The van der Waals surface area contributed by atoms with E-state index in [2.05, 4.69) is 40.7 Å². The summed E-state index contributed by atoms with van der Waals surface area (Å²) in [5, 5.41) is 22.7. The summed E-state index contributed by atoms with van der Waals surface area (Å²) in [4.78, 5) is 38.1. The SMILES string of the molecule is CCCCCCCCCC(=O)O[C@@H]1CC[C@]2(C)C3[C@H](O)C[C@H]4/C(=C(\CCC=C(C)C)C(=O)O)[C@@H](OC(C)=O)C[C@]4(C)[C@@]3(C)CC[C@H]2[C@@H]1C. The lowest BCUT2D eigenvalue weighted by atomic mass is 9.36. The molecule has 0 radical (unpaired) electrons. The van der Waals surface area contributed by atoms with E-state index in [-0.39, 0.29) is 46.1 Å². The Morgan fingerprint density at radius 3 is 2.19 bits per heavy atom. The molecule has 0 heterocycles. The van der Waals surface area contributed by atoms with E-state index in [4.69, 9.17) is 9.47 Å². The summed E-state index contributed by atoms with van der Waals surface area (Å²) in [6.45, 7) is 16.8. The Balaban J connectivity index is 1.55. The van der Waals surface area contributed by atoms with Crippen LogP contribution in [-0.2, 0) is 23.9 Å². The predicted octanol–water partition coefficient (Wildman–Crippen LogP) is 9.36. The number of ether oxygens (including phenoxy) is 2. The maximum atomic E-state index is 12.9. The van der Waals surface area contributed by atoms with Gasteiger partial charge in [0.1, 0.15) is 12.2 Å². The Kier molecular flexibility index (Phi) is 12.7. The monoisotopic (exact) mass is 670 g/mol. The van der Waals surface area contributed by atoms with Crippen LogP contribution in [0.15, 0.2) is 22.8 Å². The number of fused-ring (bicyclic) bond motifs is 5. The van der Waals surface area contributed by atoms with Gasteiger partial charge in [0.15, 0.2) is 0 Å². The fourth-order valence-corrected chi connectivity index (χ4v) is 11.4. The highest BCUT2D eigenvalue weighted by Gasteiger charge is 2.71. The van der Waals surface area contributed by atoms with Crippen molar-refractivity contribution in [3.05, 3.63) is 22.8 Å².